The Hall–Kier alpha value is -2.71. The van der Waals surface area contributed by atoms with Crippen LogP contribution in [0.5, 0.6) is 0 Å². The van der Waals surface area contributed by atoms with Crippen LogP contribution in [0.15, 0.2) is 56.9 Å². The van der Waals surface area contributed by atoms with E-state index in [0.29, 0.717) is 11.1 Å². The average Bonchev–Trinajstić information content (AvgIpc) is 2.46. The Morgan fingerprint density at radius 3 is 2.23 bits per heavy atom. The first kappa shape index (κ1) is 14.2. The van der Waals surface area contributed by atoms with Gasteiger partial charge in [-0.05, 0) is 23.3 Å². The van der Waals surface area contributed by atoms with Gasteiger partial charge in [-0.2, -0.15) is 8.42 Å². The second-order valence-corrected chi connectivity index (χ2v) is 6.04. The van der Waals surface area contributed by atoms with Crippen LogP contribution < -0.4 is 11.2 Å². The fourth-order valence-electron chi connectivity index (χ4n) is 2.24. The van der Waals surface area contributed by atoms with E-state index in [0.717, 1.165) is 0 Å². The first-order valence-corrected chi connectivity index (χ1v) is 7.63. The smallest absolute Gasteiger partial charge is 0.305 e. The summed E-state index contributed by atoms with van der Waals surface area (Å²) in [6.45, 7) is 0. The lowest BCUT2D eigenvalue weighted by Crippen LogP contribution is -2.23. The third-order valence-corrected chi connectivity index (χ3v) is 4.08. The molecular weight excluding hydrogens is 308 g/mol. The minimum Gasteiger partial charge on any atom is -0.305 e. The van der Waals surface area contributed by atoms with Crippen LogP contribution in [0.3, 0.4) is 0 Å². The molecule has 2 aromatic carbocycles. The predicted molar refractivity (Wildman–Crippen MR) is 80.4 cm³/mol. The van der Waals surface area contributed by atoms with Crippen LogP contribution in [0.2, 0.25) is 0 Å². The molecule has 0 aliphatic rings. The normalized spacial score (nSPS) is 11.7. The van der Waals surface area contributed by atoms with E-state index in [4.69, 9.17) is 0 Å². The molecule has 0 aliphatic heterocycles. The number of hydrogen-bond acceptors (Lipinski definition) is 4. The Morgan fingerprint density at radius 1 is 0.909 bits per heavy atom. The zero-order valence-electron chi connectivity index (χ0n) is 11.0. The van der Waals surface area contributed by atoms with E-state index in [-0.39, 0.29) is 10.9 Å². The van der Waals surface area contributed by atoms with Gasteiger partial charge in [0, 0.05) is 0 Å². The summed E-state index contributed by atoms with van der Waals surface area (Å²) in [5.74, 6) is 0. The SMILES string of the molecule is O=c1[nH]c(=O)c2cc(-c3ccccc3)cc(S(=O)(=O)O)c2[nH]1. The molecule has 0 spiro atoms. The van der Waals surface area contributed by atoms with Gasteiger partial charge in [0.25, 0.3) is 15.7 Å². The molecule has 22 heavy (non-hydrogen) atoms. The zero-order valence-corrected chi connectivity index (χ0v) is 11.8. The highest BCUT2D eigenvalue weighted by Crippen LogP contribution is 2.27. The highest BCUT2D eigenvalue weighted by Gasteiger charge is 2.18. The quantitative estimate of drug-likeness (QED) is 0.612. The van der Waals surface area contributed by atoms with Crippen molar-refractivity contribution in [3.63, 3.8) is 0 Å². The molecule has 3 N–H and O–H groups in total. The molecule has 0 saturated carbocycles. The molecule has 3 rings (SSSR count). The number of hydrogen-bond donors (Lipinski definition) is 3. The molecule has 0 aliphatic carbocycles. The van der Waals surface area contributed by atoms with Crippen molar-refractivity contribution in [3.05, 3.63) is 63.3 Å². The molecule has 1 heterocycles. The molecular formula is C14H10N2O5S. The number of aromatic nitrogens is 2. The summed E-state index contributed by atoms with van der Waals surface area (Å²) in [5.41, 5.74) is -0.717. The highest BCUT2D eigenvalue weighted by atomic mass is 32.2. The van der Waals surface area contributed by atoms with Crippen molar-refractivity contribution in [1.29, 1.82) is 0 Å². The van der Waals surface area contributed by atoms with Gasteiger partial charge in [0.2, 0.25) is 0 Å². The maximum atomic E-state index is 11.9. The van der Waals surface area contributed by atoms with E-state index in [1.807, 2.05) is 4.98 Å². The summed E-state index contributed by atoms with van der Waals surface area (Å²) >= 11 is 0. The predicted octanol–water partition coefficient (Wildman–Crippen LogP) is 1.13. The van der Waals surface area contributed by atoms with E-state index in [1.54, 1.807) is 30.3 Å². The molecule has 0 amide bonds. The zero-order chi connectivity index (χ0) is 15.9. The molecule has 1 aromatic heterocycles. The summed E-state index contributed by atoms with van der Waals surface area (Å²) < 4.78 is 32.5. The summed E-state index contributed by atoms with van der Waals surface area (Å²) in [7, 11) is -4.62. The fraction of sp³-hybridized carbons (Fsp3) is 0. The number of aromatic amines is 2. The summed E-state index contributed by atoms with van der Waals surface area (Å²) in [6, 6.07) is 11.4. The monoisotopic (exact) mass is 318 g/mol. The average molecular weight is 318 g/mol. The van der Waals surface area contributed by atoms with Crippen molar-refractivity contribution in [2.75, 3.05) is 0 Å². The molecule has 0 fully saturated rings. The van der Waals surface area contributed by atoms with Gasteiger partial charge in [-0.1, -0.05) is 30.3 Å². The van der Waals surface area contributed by atoms with Gasteiger partial charge in [-0.15, -0.1) is 0 Å². The van der Waals surface area contributed by atoms with Crippen molar-refractivity contribution in [3.8, 4) is 11.1 Å². The molecule has 8 heteroatoms. The fourth-order valence-corrected chi connectivity index (χ4v) is 2.93. The van der Waals surface area contributed by atoms with Crippen LogP contribution in [0, 0.1) is 0 Å². The Kier molecular flexibility index (Phi) is 3.19. The van der Waals surface area contributed by atoms with Crippen molar-refractivity contribution >= 4 is 21.0 Å². The van der Waals surface area contributed by atoms with Gasteiger partial charge in [-0.3, -0.25) is 14.3 Å². The summed E-state index contributed by atoms with van der Waals surface area (Å²) in [4.78, 5) is 27.0. The molecule has 0 saturated heterocycles. The largest absolute Gasteiger partial charge is 0.326 e. The van der Waals surface area contributed by atoms with Gasteiger partial charge >= 0.3 is 5.69 Å². The Balaban J connectivity index is 2.50. The lowest BCUT2D eigenvalue weighted by Gasteiger charge is -2.07. The minimum atomic E-state index is -4.62. The summed E-state index contributed by atoms with van der Waals surface area (Å²) in [6.07, 6.45) is 0. The third kappa shape index (κ3) is 2.45. The molecule has 3 aromatic rings. The van der Waals surface area contributed by atoms with E-state index in [2.05, 4.69) is 4.98 Å². The molecule has 0 radical (unpaired) electrons. The first-order valence-electron chi connectivity index (χ1n) is 6.19. The minimum absolute atomic E-state index is 0.0337. The molecule has 0 bridgehead atoms. The Labute approximate surface area is 124 Å². The van der Waals surface area contributed by atoms with Gasteiger partial charge in [0.05, 0.1) is 10.9 Å². The van der Waals surface area contributed by atoms with Crippen molar-refractivity contribution in [2.24, 2.45) is 0 Å². The van der Waals surface area contributed by atoms with E-state index >= 15 is 0 Å². The van der Waals surface area contributed by atoms with Crippen molar-refractivity contribution in [1.82, 2.24) is 9.97 Å². The van der Waals surface area contributed by atoms with Crippen LogP contribution in [0.25, 0.3) is 22.0 Å². The molecule has 0 unspecified atom stereocenters. The number of H-pyrrole nitrogens is 2. The number of nitrogens with one attached hydrogen (secondary N) is 2. The van der Waals surface area contributed by atoms with Crippen LogP contribution in [-0.2, 0) is 10.1 Å². The maximum absolute atomic E-state index is 11.9. The van der Waals surface area contributed by atoms with E-state index < -0.39 is 26.3 Å². The topological polar surface area (TPSA) is 120 Å². The number of rotatable bonds is 2. The van der Waals surface area contributed by atoms with Crippen molar-refractivity contribution in [2.45, 2.75) is 4.90 Å². The van der Waals surface area contributed by atoms with Crippen LogP contribution in [0.4, 0.5) is 0 Å². The molecule has 112 valence electrons. The van der Waals surface area contributed by atoms with E-state index in [9.17, 15) is 22.6 Å². The van der Waals surface area contributed by atoms with Gasteiger partial charge in [0.15, 0.2) is 0 Å². The van der Waals surface area contributed by atoms with E-state index in [1.165, 1.54) is 12.1 Å². The lowest BCUT2D eigenvalue weighted by atomic mass is 10.0. The van der Waals surface area contributed by atoms with Gasteiger partial charge < -0.3 is 4.98 Å². The van der Waals surface area contributed by atoms with Crippen molar-refractivity contribution < 1.29 is 13.0 Å². The van der Waals surface area contributed by atoms with Crippen LogP contribution >= 0.6 is 0 Å². The second kappa shape index (κ2) is 4.93. The number of benzene rings is 2. The Bertz CT molecular complexity index is 1080. The first-order chi connectivity index (χ1) is 10.4. The third-order valence-electron chi connectivity index (χ3n) is 3.20. The molecule has 7 nitrogen and oxygen atoms in total. The van der Waals surface area contributed by atoms with Gasteiger partial charge in [0.1, 0.15) is 4.90 Å². The Morgan fingerprint density at radius 2 is 1.59 bits per heavy atom. The van der Waals surface area contributed by atoms with Crippen LogP contribution in [-0.4, -0.2) is 22.9 Å². The summed E-state index contributed by atoms with van der Waals surface area (Å²) in [5, 5.41) is -0.0337. The highest BCUT2D eigenvalue weighted by molar-refractivity contribution is 7.86. The second-order valence-electron chi connectivity index (χ2n) is 4.65. The standard InChI is InChI=1S/C14H10N2O5S/c17-13-10-6-9(8-4-2-1-3-5-8)7-11(22(19,20)21)12(10)15-14(18)16-13/h1-7H,(H,19,20,21)(H2,15,16,17,18). The van der Waals surface area contributed by atoms with Gasteiger partial charge in [-0.25, -0.2) is 4.79 Å². The maximum Gasteiger partial charge on any atom is 0.326 e. The lowest BCUT2D eigenvalue weighted by molar-refractivity contribution is 0.484. The molecule has 0 atom stereocenters. The number of fused-ring (bicyclic) bond motifs is 1. The van der Waals surface area contributed by atoms with Crippen LogP contribution in [0.1, 0.15) is 0 Å².